The molecule has 0 N–H and O–H groups in total. The molecule has 0 spiro atoms. The van der Waals surface area contributed by atoms with Crippen LogP contribution in [-0.4, -0.2) is 4.98 Å². The Morgan fingerprint density at radius 3 is 2.60 bits per heavy atom. The average molecular weight is 223 g/mol. The second-order valence-electron chi connectivity index (χ2n) is 5.47. The van der Waals surface area contributed by atoms with Gasteiger partial charge in [0.05, 0.1) is 10.7 Å². The van der Waals surface area contributed by atoms with E-state index >= 15 is 0 Å². The summed E-state index contributed by atoms with van der Waals surface area (Å²) >= 11 is 1.87. The summed E-state index contributed by atoms with van der Waals surface area (Å²) in [6, 6.07) is 0. The fourth-order valence-electron chi connectivity index (χ4n) is 2.32. The van der Waals surface area contributed by atoms with E-state index in [2.05, 4.69) is 26.2 Å². The van der Waals surface area contributed by atoms with E-state index in [0.29, 0.717) is 5.41 Å². The molecular formula is C13H21NS. The normalized spacial score (nSPS) is 21.8. The first-order valence-electron chi connectivity index (χ1n) is 6.05. The molecule has 0 amide bonds. The van der Waals surface area contributed by atoms with Crippen molar-refractivity contribution in [2.45, 2.75) is 58.8 Å². The summed E-state index contributed by atoms with van der Waals surface area (Å²) in [5, 5.41) is 3.62. The van der Waals surface area contributed by atoms with E-state index in [1.165, 1.54) is 36.4 Å². The molecule has 0 atom stereocenters. The molecule has 1 heterocycles. The maximum Gasteiger partial charge on any atom is 0.0959 e. The lowest BCUT2D eigenvalue weighted by molar-refractivity contribution is 0.224. The molecule has 1 aromatic rings. The van der Waals surface area contributed by atoms with Gasteiger partial charge in [-0.15, -0.1) is 11.3 Å². The zero-order valence-corrected chi connectivity index (χ0v) is 10.9. The maximum absolute atomic E-state index is 4.72. The Hall–Kier alpha value is -0.370. The number of hydrogen-bond donors (Lipinski definition) is 0. The van der Waals surface area contributed by atoms with E-state index in [1.807, 2.05) is 11.3 Å². The standard InChI is InChI=1S/C13H21NS/c1-4-11-9-15-12(14-11)10-5-7-13(2,3)8-6-10/h9-10H,4-8H2,1-3H3. The zero-order valence-electron chi connectivity index (χ0n) is 10.0. The van der Waals surface area contributed by atoms with Gasteiger partial charge in [-0.2, -0.15) is 0 Å². The molecule has 1 fully saturated rings. The molecule has 2 rings (SSSR count). The Morgan fingerprint density at radius 1 is 1.40 bits per heavy atom. The number of hydrogen-bond acceptors (Lipinski definition) is 2. The van der Waals surface area contributed by atoms with Gasteiger partial charge in [0, 0.05) is 11.3 Å². The average Bonchev–Trinajstić information content (AvgIpc) is 2.66. The summed E-state index contributed by atoms with van der Waals surface area (Å²) in [6.45, 7) is 6.97. The monoisotopic (exact) mass is 223 g/mol. The Kier molecular flexibility index (Phi) is 3.15. The molecule has 1 nitrogen and oxygen atoms in total. The van der Waals surface area contributed by atoms with Gasteiger partial charge < -0.3 is 0 Å². The van der Waals surface area contributed by atoms with Gasteiger partial charge in [0.2, 0.25) is 0 Å². The molecule has 0 aliphatic heterocycles. The van der Waals surface area contributed by atoms with E-state index in [0.717, 1.165) is 12.3 Å². The van der Waals surface area contributed by atoms with Crippen LogP contribution in [0.4, 0.5) is 0 Å². The van der Waals surface area contributed by atoms with E-state index in [4.69, 9.17) is 4.98 Å². The minimum absolute atomic E-state index is 0.571. The van der Waals surface area contributed by atoms with Crippen LogP contribution in [0, 0.1) is 5.41 Å². The van der Waals surface area contributed by atoms with Gasteiger partial charge in [-0.3, -0.25) is 0 Å². The minimum atomic E-state index is 0.571. The van der Waals surface area contributed by atoms with Crippen molar-refractivity contribution >= 4 is 11.3 Å². The molecule has 0 bridgehead atoms. The maximum atomic E-state index is 4.72. The summed E-state index contributed by atoms with van der Waals surface area (Å²) in [5.74, 6) is 0.753. The molecule has 2 heteroatoms. The third-order valence-corrected chi connectivity index (χ3v) is 4.68. The lowest BCUT2D eigenvalue weighted by Gasteiger charge is -2.33. The first-order valence-corrected chi connectivity index (χ1v) is 6.93. The first kappa shape index (κ1) is 11.1. The van der Waals surface area contributed by atoms with E-state index < -0.39 is 0 Å². The summed E-state index contributed by atoms with van der Waals surface area (Å²) in [7, 11) is 0. The largest absolute Gasteiger partial charge is 0.246 e. The molecule has 15 heavy (non-hydrogen) atoms. The van der Waals surface area contributed by atoms with Crippen molar-refractivity contribution in [2.24, 2.45) is 5.41 Å². The number of nitrogens with zero attached hydrogens (tertiary/aromatic N) is 1. The summed E-state index contributed by atoms with van der Waals surface area (Å²) in [4.78, 5) is 4.72. The molecule has 0 radical (unpaired) electrons. The number of aromatic nitrogens is 1. The highest BCUT2D eigenvalue weighted by Crippen LogP contribution is 2.42. The molecule has 0 unspecified atom stereocenters. The molecule has 1 aliphatic rings. The van der Waals surface area contributed by atoms with Crippen molar-refractivity contribution in [3.63, 3.8) is 0 Å². The van der Waals surface area contributed by atoms with Gasteiger partial charge in [-0.25, -0.2) is 4.98 Å². The van der Waals surface area contributed by atoms with Crippen LogP contribution in [-0.2, 0) is 6.42 Å². The summed E-state index contributed by atoms with van der Waals surface area (Å²) in [6.07, 6.45) is 6.47. The Morgan fingerprint density at radius 2 is 2.07 bits per heavy atom. The highest BCUT2D eigenvalue weighted by atomic mass is 32.1. The fraction of sp³-hybridized carbons (Fsp3) is 0.769. The van der Waals surface area contributed by atoms with Crippen LogP contribution >= 0.6 is 11.3 Å². The van der Waals surface area contributed by atoms with Crippen LogP contribution in [0.1, 0.15) is 63.1 Å². The molecule has 1 aliphatic carbocycles. The van der Waals surface area contributed by atoms with Crippen molar-refractivity contribution in [2.75, 3.05) is 0 Å². The number of thiazole rings is 1. The topological polar surface area (TPSA) is 12.9 Å². The first-order chi connectivity index (χ1) is 7.11. The third kappa shape index (κ3) is 2.60. The van der Waals surface area contributed by atoms with E-state index in [9.17, 15) is 0 Å². The lowest BCUT2D eigenvalue weighted by Crippen LogP contribution is -2.20. The van der Waals surface area contributed by atoms with Crippen LogP contribution in [0.15, 0.2) is 5.38 Å². The SMILES string of the molecule is CCc1csc(C2CCC(C)(C)CC2)n1. The van der Waals surface area contributed by atoms with Gasteiger partial charge >= 0.3 is 0 Å². The van der Waals surface area contributed by atoms with E-state index in [1.54, 1.807) is 0 Å². The highest BCUT2D eigenvalue weighted by Gasteiger charge is 2.28. The second kappa shape index (κ2) is 4.25. The molecule has 84 valence electrons. The van der Waals surface area contributed by atoms with Crippen LogP contribution in [0.3, 0.4) is 0 Å². The molecular weight excluding hydrogens is 202 g/mol. The number of rotatable bonds is 2. The van der Waals surface area contributed by atoms with Crippen molar-refractivity contribution in [1.82, 2.24) is 4.98 Å². The molecule has 1 saturated carbocycles. The third-order valence-electron chi connectivity index (χ3n) is 3.62. The lowest BCUT2D eigenvalue weighted by atomic mass is 9.73. The van der Waals surface area contributed by atoms with Crippen LogP contribution in [0.5, 0.6) is 0 Å². The van der Waals surface area contributed by atoms with Gasteiger partial charge in [0.15, 0.2) is 0 Å². The van der Waals surface area contributed by atoms with Crippen molar-refractivity contribution in [3.05, 3.63) is 16.1 Å². The Balaban J connectivity index is 2.01. The molecule has 0 aromatic carbocycles. The van der Waals surface area contributed by atoms with Gasteiger partial charge in [0.25, 0.3) is 0 Å². The molecule has 1 aromatic heterocycles. The fourth-order valence-corrected chi connectivity index (χ4v) is 3.39. The van der Waals surface area contributed by atoms with Crippen molar-refractivity contribution < 1.29 is 0 Å². The predicted molar refractivity (Wildman–Crippen MR) is 66.5 cm³/mol. The van der Waals surface area contributed by atoms with Gasteiger partial charge in [-0.05, 0) is 37.5 Å². The Labute approximate surface area is 96.9 Å². The highest BCUT2D eigenvalue weighted by molar-refractivity contribution is 7.09. The van der Waals surface area contributed by atoms with Crippen LogP contribution < -0.4 is 0 Å². The smallest absolute Gasteiger partial charge is 0.0959 e. The van der Waals surface area contributed by atoms with Crippen molar-refractivity contribution in [3.8, 4) is 0 Å². The second-order valence-corrected chi connectivity index (χ2v) is 6.36. The van der Waals surface area contributed by atoms with Crippen molar-refractivity contribution in [1.29, 1.82) is 0 Å². The van der Waals surface area contributed by atoms with Gasteiger partial charge in [-0.1, -0.05) is 20.8 Å². The van der Waals surface area contributed by atoms with Crippen LogP contribution in [0.2, 0.25) is 0 Å². The summed E-state index contributed by atoms with van der Waals surface area (Å²) in [5.41, 5.74) is 1.85. The minimum Gasteiger partial charge on any atom is -0.246 e. The van der Waals surface area contributed by atoms with Crippen LogP contribution in [0.25, 0.3) is 0 Å². The van der Waals surface area contributed by atoms with Gasteiger partial charge in [0.1, 0.15) is 0 Å². The summed E-state index contributed by atoms with van der Waals surface area (Å²) < 4.78 is 0. The predicted octanol–water partition coefficient (Wildman–Crippen LogP) is 4.39. The quantitative estimate of drug-likeness (QED) is 0.724. The zero-order chi connectivity index (χ0) is 10.9. The Bertz CT molecular complexity index is 317. The number of aryl methyl sites for hydroxylation is 1. The van der Waals surface area contributed by atoms with E-state index in [-0.39, 0.29) is 0 Å². The molecule has 0 saturated heterocycles.